The van der Waals surface area contributed by atoms with Crippen molar-refractivity contribution in [2.24, 2.45) is 0 Å². The minimum absolute atomic E-state index is 0.319. The fourth-order valence-electron chi connectivity index (χ4n) is 1.36. The van der Waals surface area contributed by atoms with Crippen molar-refractivity contribution in [1.82, 2.24) is 4.98 Å². The molecular weight excluding hydrogens is 185 g/mol. The zero-order chi connectivity index (χ0) is 9.97. The van der Waals surface area contributed by atoms with Gasteiger partial charge in [0, 0.05) is 11.7 Å². The first kappa shape index (κ1) is 9.60. The van der Waals surface area contributed by atoms with Gasteiger partial charge in [-0.1, -0.05) is 6.07 Å². The third-order valence-corrected chi connectivity index (χ3v) is 1.99. The van der Waals surface area contributed by atoms with E-state index in [0.29, 0.717) is 24.4 Å². The van der Waals surface area contributed by atoms with Gasteiger partial charge in [-0.3, -0.25) is 4.98 Å². The van der Waals surface area contributed by atoms with Crippen molar-refractivity contribution in [2.45, 2.75) is 6.29 Å². The molecule has 1 aromatic heterocycles. The van der Waals surface area contributed by atoms with E-state index in [2.05, 4.69) is 4.98 Å². The van der Waals surface area contributed by atoms with E-state index in [4.69, 9.17) is 19.5 Å². The topological polar surface area (TPSA) is 71.8 Å². The molecule has 1 aliphatic rings. The van der Waals surface area contributed by atoms with Crippen LogP contribution < -0.4 is 5.46 Å². The van der Waals surface area contributed by atoms with E-state index in [-0.39, 0.29) is 0 Å². The molecule has 0 radical (unpaired) electrons. The summed E-state index contributed by atoms with van der Waals surface area (Å²) < 4.78 is 10.4. The highest BCUT2D eigenvalue weighted by Gasteiger charge is 2.26. The number of nitrogens with zero attached hydrogens (tertiary/aromatic N) is 1. The van der Waals surface area contributed by atoms with Crippen LogP contribution in [0.25, 0.3) is 0 Å². The summed E-state index contributed by atoms with van der Waals surface area (Å²) in [6.07, 6.45) is 0.986. The SMILES string of the molecule is OB(O)c1cccnc1C1OCCO1. The minimum Gasteiger partial charge on any atom is -0.423 e. The van der Waals surface area contributed by atoms with Gasteiger partial charge in [0.05, 0.1) is 18.9 Å². The first-order chi connectivity index (χ1) is 6.79. The molecule has 0 saturated carbocycles. The van der Waals surface area contributed by atoms with Crippen molar-refractivity contribution in [2.75, 3.05) is 13.2 Å². The standard InChI is InChI=1S/C8H10BNO4/c11-9(12)6-2-1-3-10-7(6)8-13-4-5-14-8/h1-3,8,11-12H,4-5H2. The molecule has 1 aliphatic heterocycles. The second-order valence-corrected chi connectivity index (χ2v) is 2.93. The lowest BCUT2D eigenvalue weighted by Gasteiger charge is -2.12. The number of ether oxygens (including phenoxy) is 2. The first-order valence-electron chi connectivity index (χ1n) is 4.33. The molecule has 2 N–H and O–H groups in total. The zero-order valence-corrected chi connectivity index (χ0v) is 7.46. The van der Waals surface area contributed by atoms with Gasteiger partial charge in [-0.25, -0.2) is 0 Å². The van der Waals surface area contributed by atoms with Crippen LogP contribution in [0.15, 0.2) is 18.3 Å². The Labute approximate surface area is 81.4 Å². The van der Waals surface area contributed by atoms with Crippen LogP contribution in [-0.4, -0.2) is 35.4 Å². The van der Waals surface area contributed by atoms with Gasteiger partial charge in [0.2, 0.25) is 6.29 Å². The van der Waals surface area contributed by atoms with E-state index in [1.165, 1.54) is 0 Å². The molecule has 5 nitrogen and oxygen atoms in total. The van der Waals surface area contributed by atoms with Gasteiger partial charge in [-0.15, -0.1) is 0 Å². The summed E-state index contributed by atoms with van der Waals surface area (Å²) >= 11 is 0. The maximum absolute atomic E-state index is 9.07. The van der Waals surface area contributed by atoms with Crippen LogP contribution in [-0.2, 0) is 9.47 Å². The lowest BCUT2D eigenvalue weighted by molar-refractivity contribution is -0.0466. The number of hydrogen-bond acceptors (Lipinski definition) is 5. The molecule has 0 unspecified atom stereocenters. The second-order valence-electron chi connectivity index (χ2n) is 2.93. The predicted molar refractivity (Wildman–Crippen MR) is 48.7 cm³/mol. The Kier molecular flexibility index (Phi) is 2.78. The molecule has 0 aliphatic carbocycles. The van der Waals surface area contributed by atoms with Gasteiger partial charge in [0.1, 0.15) is 0 Å². The van der Waals surface area contributed by atoms with Gasteiger partial charge >= 0.3 is 7.12 Å². The van der Waals surface area contributed by atoms with Crippen LogP contribution >= 0.6 is 0 Å². The molecular formula is C8H10BNO4. The summed E-state index contributed by atoms with van der Waals surface area (Å²) in [6.45, 7) is 1.00. The summed E-state index contributed by atoms with van der Waals surface area (Å²) in [5.74, 6) is 0. The van der Waals surface area contributed by atoms with Crippen LogP contribution in [0.3, 0.4) is 0 Å². The van der Waals surface area contributed by atoms with Gasteiger partial charge in [0.15, 0.2) is 0 Å². The molecule has 2 heterocycles. The van der Waals surface area contributed by atoms with Crippen LogP contribution in [0.1, 0.15) is 12.0 Å². The molecule has 1 saturated heterocycles. The van der Waals surface area contributed by atoms with Crippen molar-refractivity contribution in [3.8, 4) is 0 Å². The average Bonchev–Trinajstić information content (AvgIpc) is 2.70. The summed E-state index contributed by atoms with van der Waals surface area (Å²) in [5.41, 5.74) is 0.749. The molecule has 6 heteroatoms. The van der Waals surface area contributed by atoms with E-state index in [1.54, 1.807) is 18.3 Å². The first-order valence-corrected chi connectivity index (χ1v) is 4.33. The smallest absolute Gasteiger partial charge is 0.423 e. The second kappa shape index (κ2) is 4.06. The zero-order valence-electron chi connectivity index (χ0n) is 7.46. The fourth-order valence-corrected chi connectivity index (χ4v) is 1.36. The minimum atomic E-state index is -1.55. The van der Waals surface area contributed by atoms with E-state index < -0.39 is 13.4 Å². The third-order valence-electron chi connectivity index (χ3n) is 1.99. The van der Waals surface area contributed by atoms with Gasteiger partial charge in [0.25, 0.3) is 0 Å². The van der Waals surface area contributed by atoms with Gasteiger partial charge < -0.3 is 19.5 Å². The van der Waals surface area contributed by atoms with Crippen molar-refractivity contribution in [1.29, 1.82) is 0 Å². The summed E-state index contributed by atoms with van der Waals surface area (Å²) in [7, 11) is -1.55. The molecule has 0 aromatic carbocycles. The number of aromatic nitrogens is 1. The molecule has 2 rings (SSSR count). The highest BCUT2D eigenvalue weighted by atomic mass is 16.7. The third kappa shape index (κ3) is 1.78. The summed E-state index contributed by atoms with van der Waals surface area (Å²) in [5, 5.41) is 18.1. The van der Waals surface area contributed by atoms with Crippen LogP contribution in [0, 0.1) is 0 Å². The molecule has 14 heavy (non-hydrogen) atoms. The van der Waals surface area contributed by atoms with E-state index in [0.717, 1.165) is 0 Å². The molecule has 0 amide bonds. The Bertz CT molecular complexity index is 314. The Morgan fingerprint density at radius 1 is 1.36 bits per heavy atom. The van der Waals surface area contributed by atoms with Crippen molar-refractivity contribution in [3.05, 3.63) is 24.0 Å². The van der Waals surface area contributed by atoms with Crippen molar-refractivity contribution < 1.29 is 19.5 Å². The maximum atomic E-state index is 9.07. The summed E-state index contributed by atoms with van der Waals surface area (Å²) in [4.78, 5) is 4.01. The fraction of sp³-hybridized carbons (Fsp3) is 0.375. The Morgan fingerprint density at radius 2 is 2.07 bits per heavy atom. The highest BCUT2D eigenvalue weighted by Crippen LogP contribution is 2.19. The van der Waals surface area contributed by atoms with Crippen LogP contribution in [0.2, 0.25) is 0 Å². The van der Waals surface area contributed by atoms with E-state index >= 15 is 0 Å². The molecule has 1 fully saturated rings. The van der Waals surface area contributed by atoms with E-state index in [9.17, 15) is 0 Å². The average molecular weight is 195 g/mol. The highest BCUT2D eigenvalue weighted by molar-refractivity contribution is 6.59. The maximum Gasteiger partial charge on any atom is 0.490 e. The molecule has 0 bridgehead atoms. The Balaban J connectivity index is 2.30. The lowest BCUT2D eigenvalue weighted by Crippen LogP contribution is -2.35. The lowest BCUT2D eigenvalue weighted by atomic mass is 9.79. The largest absolute Gasteiger partial charge is 0.490 e. The monoisotopic (exact) mass is 195 g/mol. The normalized spacial score (nSPS) is 17.3. The van der Waals surface area contributed by atoms with Gasteiger partial charge in [-0.2, -0.15) is 0 Å². The number of pyridine rings is 1. The van der Waals surface area contributed by atoms with Crippen LogP contribution in [0.4, 0.5) is 0 Å². The Hall–Kier alpha value is -0.945. The van der Waals surface area contributed by atoms with Gasteiger partial charge in [-0.05, 0) is 6.07 Å². The number of rotatable bonds is 2. The molecule has 0 atom stereocenters. The quantitative estimate of drug-likeness (QED) is 0.580. The predicted octanol–water partition coefficient (Wildman–Crippen LogP) is -1.19. The Morgan fingerprint density at radius 3 is 2.71 bits per heavy atom. The summed E-state index contributed by atoms with van der Waals surface area (Å²) in [6, 6.07) is 3.21. The van der Waals surface area contributed by atoms with Crippen LogP contribution in [0.5, 0.6) is 0 Å². The molecule has 0 spiro atoms. The molecule has 74 valence electrons. The molecule has 1 aromatic rings. The number of hydrogen-bond donors (Lipinski definition) is 2. The van der Waals surface area contributed by atoms with Crippen molar-refractivity contribution >= 4 is 12.6 Å². The van der Waals surface area contributed by atoms with E-state index in [1.807, 2.05) is 0 Å². The van der Waals surface area contributed by atoms with Crippen molar-refractivity contribution in [3.63, 3.8) is 0 Å².